The van der Waals surface area contributed by atoms with Crippen LogP contribution in [0.2, 0.25) is 5.02 Å². The lowest BCUT2D eigenvalue weighted by molar-refractivity contribution is -0.113. The maximum atomic E-state index is 12.6. The molecule has 1 N–H and O–H groups in total. The van der Waals surface area contributed by atoms with Crippen molar-refractivity contribution in [3.05, 3.63) is 91.0 Å². The van der Waals surface area contributed by atoms with Crippen LogP contribution in [0.5, 0.6) is 0 Å². The van der Waals surface area contributed by atoms with Gasteiger partial charge in [0.15, 0.2) is 11.6 Å². The molecule has 0 unspecified atom stereocenters. The Morgan fingerprint density at radius 2 is 1.87 bits per heavy atom. The molecule has 0 saturated carbocycles. The zero-order valence-corrected chi connectivity index (χ0v) is 19.5. The number of dihydropyridines is 1. The molecule has 1 heterocycles. The molecule has 0 aliphatic carbocycles. The number of allylic oxidation sites excluding steroid dienone is 3. The normalized spacial score (nSPS) is 16.2. The van der Waals surface area contributed by atoms with Crippen molar-refractivity contribution in [3.8, 4) is 6.07 Å². The van der Waals surface area contributed by atoms with Crippen LogP contribution in [0.3, 0.4) is 0 Å². The summed E-state index contributed by atoms with van der Waals surface area (Å²) in [5, 5.41) is 14.1. The molecule has 7 heteroatoms. The van der Waals surface area contributed by atoms with Gasteiger partial charge in [-0.15, -0.1) is 0 Å². The molecule has 2 aromatic carbocycles. The van der Waals surface area contributed by atoms with Gasteiger partial charge in [0, 0.05) is 21.3 Å². The van der Waals surface area contributed by atoms with Crippen molar-refractivity contribution in [1.82, 2.24) is 5.32 Å². The van der Waals surface area contributed by atoms with Crippen LogP contribution in [0.4, 0.5) is 0 Å². The molecule has 2 aromatic rings. The van der Waals surface area contributed by atoms with Crippen molar-refractivity contribution in [2.75, 3.05) is 5.75 Å². The van der Waals surface area contributed by atoms with Crippen molar-refractivity contribution in [2.24, 2.45) is 0 Å². The first-order valence-corrected chi connectivity index (χ1v) is 11.3. The second-order valence-corrected chi connectivity index (χ2v) is 9.06. The summed E-state index contributed by atoms with van der Waals surface area (Å²) in [5.41, 5.74) is 2.95. The lowest BCUT2D eigenvalue weighted by Crippen LogP contribution is -2.27. The smallest absolute Gasteiger partial charge is 0.174 e. The van der Waals surface area contributed by atoms with Crippen LogP contribution >= 0.6 is 39.3 Å². The summed E-state index contributed by atoms with van der Waals surface area (Å²) < 4.78 is 0.910. The molecule has 0 bridgehead atoms. The van der Waals surface area contributed by atoms with E-state index in [2.05, 4.69) is 27.3 Å². The minimum Gasteiger partial charge on any atom is -0.353 e. The molecule has 1 aliphatic heterocycles. The third kappa shape index (κ3) is 4.70. The zero-order chi connectivity index (χ0) is 21.8. The molecule has 0 amide bonds. The lowest BCUT2D eigenvalue weighted by Gasteiger charge is -2.29. The number of thioether (sulfide) groups is 1. The van der Waals surface area contributed by atoms with Gasteiger partial charge in [-0.2, -0.15) is 5.26 Å². The quantitative estimate of drug-likeness (QED) is 0.491. The first-order chi connectivity index (χ1) is 14.3. The minimum absolute atomic E-state index is 0.100. The van der Waals surface area contributed by atoms with Gasteiger partial charge in [0.1, 0.15) is 0 Å². The number of halogens is 2. The summed E-state index contributed by atoms with van der Waals surface area (Å²) in [7, 11) is 0. The Hall–Kier alpha value is -2.33. The number of benzene rings is 2. The fraction of sp³-hybridized carbons (Fsp3) is 0.174. The number of hydrogen-bond donors (Lipinski definition) is 1. The molecule has 30 heavy (non-hydrogen) atoms. The molecule has 0 fully saturated rings. The van der Waals surface area contributed by atoms with E-state index >= 15 is 0 Å². The van der Waals surface area contributed by atoms with Gasteiger partial charge in [0.2, 0.25) is 0 Å². The summed E-state index contributed by atoms with van der Waals surface area (Å²) >= 11 is 10.8. The average molecular weight is 502 g/mol. The first-order valence-electron chi connectivity index (χ1n) is 9.12. The third-order valence-corrected chi connectivity index (χ3v) is 6.63. The molecule has 4 nitrogen and oxygen atoms in total. The van der Waals surface area contributed by atoms with Gasteiger partial charge in [0.05, 0.1) is 33.4 Å². The Morgan fingerprint density at radius 1 is 1.20 bits per heavy atom. The number of carbonyl (C=O) groups excluding carboxylic acids is 2. The van der Waals surface area contributed by atoms with Crippen LogP contribution in [-0.4, -0.2) is 17.3 Å². The highest BCUT2D eigenvalue weighted by Crippen LogP contribution is 2.41. The van der Waals surface area contributed by atoms with Gasteiger partial charge in [-0.3, -0.25) is 9.59 Å². The SMILES string of the molecule is CC(=O)C1=C(C)NC(SCC(=O)c2ccccc2Cl)=C(C#N)[C@@H]1c1ccc(Br)cc1. The summed E-state index contributed by atoms with van der Waals surface area (Å²) in [4.78, 5) is 25.0. The monoisotopic (exact) mass is 500 g/mol. The molecule has 3 rings (SSSR count). The number of nitriles is 1. The Balaban J connectivity index is 1.97. The molecule has 1 aliphatic rings. The maximum Gasteiger partial charge on any atom is 0.174 e. The van der Waals surface area contributed by atoms with Crippen LogP contribution in [0.15, 0.2) is 74.9 Å². The summed E-state index contributed by atoms with van der Waals surface area (Å²) in [5.74, 6) is -0.597. The van der Waals surface area contributed by atoms with E-state index in [1.165, 1.54) is 18.7 Å². The average Bonchev–Trinajstić information content (AvgIpc) is 2.72. The predicted octanol–water partition coefficient (Wildman–Crippen LogP) is 6.00. The second-order valence-electron chi connectivity index (χ2n) is 6.75. The van der Waals surface area contributed by atoms with E-state index in [-0.39, 0.29) is 17.3 Å². The second kappa shape index (κ2) is 9.65. The molecule has 0 radical (unpaired) electrons. The Morgan fingerprint density at radius 3 is 2.47 bits per heavy atom. The Kier molecular flexibility index (Phi) is 7.19. The number of nitrogens with one attached hydrogen (secondary N) is 1. The summed E-state index contributed by atoms with van der Waals surface area (Å²) in [6.07, 6.45) is 0. The van der Waals surface area contributed by atoms with Crippen molar-refractivity contribution in [1.29, 1.82) is 5.26 Å². The van der Waals surface area contributed by atoms with E-state index in [0.29, 0.717) is 32.5 Å². The van der Waals surface area contributed by atoms with Crippen LogP contribution in [-0.2, 0) is 4.79 Å². The molecule has 1 atom stereocenters. The van der Waals surface area contributed by atoms with Gasteiger partial charge in [0.25, 0.3) is 0 Å². The fourth-order valence-corrected chi connectivity index (χ4v) is 4.87. The zero-order valence-electron chi connectivity index (χ0n) is 16.3. The molecular weight excluding hydrogens is 484 g/mol. The highest BCUT2D eigenvalue weighted by atomic mass is 79.9. The summed E-state index contributed by atoms with van der Waals surface area (Å²) in [6, 6.07) is 16.7. The number of rotatable bonds is 6. The van der Waals surface area contributed by atoms with Crippen LogP contribution in [0, 0.1) is 11.3 Å². The van der Waals surface area contributed by atoms with Crippen molar-refractivity contribution in [2.45, 2.75) is 19.8 Å². The molecule has 152 valence electrons. The molecule has 0 saturated heterocycles. The van der Waals surface area contributed by atoms with E-state index in [0.717, 1.165) is 10.0 Å². The van der Waals surface area contributed by atoms with E-state index in [4.69, 9.17) is 11.6 Å². The standard InChI is InChI=1S/C23H18BrClN2O2S/c1-13-21(14(2)28)22(15-7-9-16(24)10-8-15)18(11-26)23(27-13)30-12-20(29)17-5-3-4-6-19(17)25/h3-10,22,27H,12H2,1-2H3/t22-/m0/s1. The number of hydrogen-bond acceptors (Lipinski definition) is 5. The van der Waals surface area contributed by atoms with Gasteiger partial charge in [-0.1, -0.05) is 63.6 Å². The summed E-state index contributed by atoms with van der Waals surface area (Å²) in [6.45, 7) is 3.31. The van der Waals surface area contributed by atoms with E-state index in [1.54, 1.807) is 24.3 Å². The predicted molar refractivity (Wildman–Crippen MR) is 124 cm³/mol. The van der Waals surface area contributed by atoms with Gasteiger partial charge in [-0.05, 0) is 43.7 Å². The van der Waals surface area contributed by atoms with Gasteiger partial charge in [-0.25, -0.2) is 0 Å². The van der Waals surface area contributed by atoms with Crippen molar-refractivity contribution >= 4 is 50.9 Å². The number of nitrogens with zero attached hydrogens (tertiary/aromatic N) is 1. The number of Topliss-reactive ketones (excluding diaryl/α,β-unsaturated/α-hetero) is 2. The van der Waals surface area contributed by atoms with Gasteiger partial charge >= 0.3 is 0 Å². The van der Waals surface area contributed by atoms with E-state index < -0.39 is 5.92 Å². The van der Waals surface area contributed by atoms with E-state index in [9.17, 15) is 14.9 Å². The maximum absolute atomic E-state index is 12.6. The Labute approximate surface area is 193 Å². The van der Waals surface area contributed by atoms with E-state index in [1.807, 2.05) is 31.2 Å². The Bertz CT molecular complexity index is 1120. The number of ketones is 2. The molecule has 0 aromatic heterocycles. The van der Waals surface area contributed by atoms with Gasteiger partial charge < -0.3 is 5.32 Å². The molecule has 0 spiro atoms. The van der Waals surface area contributed by atoms with Crippen LogP contribution in [0.25, 0.3) is 0 Å². The van der Waals surface area contributed by atoms with Crippen molar-refractivity contribution in [3.63, 3.8) is 0 Å². The van der Waals surface area contributed by atoms with Crippen LogP contribution in [0.1, 0.15) is 35.7 Å². The fourth-order valence-electron chi connectivity index (χ4n) is 3.38. The van der Waals surface area contributed by atoms with Crippen molar-refractivity contribution < 1.29 is 9.59 Å². The largest absolute Gasteiger partial charge is 0.353 e. The number of carbonyl (C=O) groups is 2. The van der Waals surface area contributed by atoms with Crippen LogP contribution < -0.4 is 5.32 Å². The topological polar surface area (TPSA) is 70.0 Å². The highest BCUT2D eigenvalue weighted by molar-refractivity contribution is 9.10. The highest BCUT2D eigenvalue weighted by Gasteiger charge is 2.33. The molecular formula is C23H18BrClN2O2S. The third-order valence-electron chi connectivity index (χ3n) is 4.75. The minimum atomic E-state index is -0.486. The first kappa shape index (κ1) is 22.4. The lowest BCUT2D eigenvalue weighted by atomic mass is 9.81.